The Balaban J connectivity index is 2.34. The van der Waals surface area contributed by atoms with Crippen LogP contribution in [0.4, 0.5) is 0 Å². The van der Waals surface area contributed by atoms with E-state index in [1.807, 2.05) is 35.0 Å². The Morgan fingerprint density at radius 1 is 1.19 bits per heavy atom. The Hall–Kier alpha value is -1.94. The minimum atomic E-state index is -0.0909. The summed E-state index contributed by atoms with van der Waals surface area (Å²) in [4.78, 5) is 19.0. The van der Waals surface area contributed by atoms with Gasteiger partial charge >= 0.3 is 0 Å². The second kappa shape index (κ2) is 3.57. The summed E-state index contributed by atoms with van der Waals surface area (Å²) in [6.45, 7) is 0. The molecular weight excluding hydrogens is 220 g/mol. The van der Waals surface area contributed by atoms with E-state index in [0.717, 1.165) is 11.1 Å². The van der Waals surface area contributed by atoms with Crippen LogP contribution in [0, 0.1) is 0 Å². The van der Waals surface area contributed by atoms with E-state index < -0.39 is 0 Å². The van der Waals surface area contributed by atoms with Crippen molar-refractivity contribution in [2.45, 2.75) is 0 Å². The molecule has 16 heavy (non-hydrogen) atoms. The zero-order chi connectivity index (χ0) is 11.0. The van der Waals surface area contributed by atoms with E-state index in [4.69, 9.17) is 0 Å². The average Bonchev–Trinajstić information content (AvgIpc) is 2.82. The number of hydrogen-bond donors (Lipinski definition) is 1. The van der Waals surface area contributed by atoms with Crippen LogP contribution in [0.25, 0.3) is 22.3 Å². The molecule has 0 radical (unpaired) electrons. The third-order valence-electron chi connectivity index (χ3n) is 2.41. The molecule has 0 aliphatic heterocycles. The largest absolute Gasteiger partial charge is 0.306 e. The van der Waals surface area contributed by atoms with Crippen molar-refractivity contribution in [2.24, 2.45) is 0 Å². The molecule has 2 aromatic heterocycles. The molecule has 0 fully saturated rings. The van der Waals surface area contributed by atoms with Crippen molar-refractivity contribution < 1.29 is 0 Å². The zero-order valence-electron chi connectivity index (χ0n) is 8.31. The molecule has 3 nitrogen and oxygen atoms in total. The summed E-state index contributed by atoms with van der Waals surface area (Å²) in [6.07, 6.45) is 0. The molecule has 1 N–H and O–H groups in total. The minimum absolute atomic E-state index is 0.0909. The lowest BCUT2D eigenvalue weighted by Gasteiger charge is -2.00. The van der Waals surface area contributed by atoms with Gasteiger partial charge in [-0.15, -0.1) is 0 Å². The number of aromatic nitrogens is 2. The highest BCUT2D eigenvalue weighted by atomic mass is 32.1. The van der Waals surface area contributed by atoms with E-state index in [2.05, 4.69) is 9.97 Å². The third kappa shape index (κ3) is 1.44. The first kappa shape index (κ1) is 9.30. The number of H-pyrrole nitrogens is 1. The lowest BCUT2D eigenvalue weighted by Crippen LogP contribution is -2.08. The van der Waals surface area contributed by atoms with Crippen LogP contribution in [0.3, 0.4) is 0 Å². The summed E-state index contributed by atoms with van der Waals surface area (Å²) in [5.74, 6) is 0.630. The maximum Gasteiger partial charge on any atom is 0.259 e. The Bertz CT molecular complexity index is 686. The van der Waals surface area contributed by atoms with Crippen molar-refractivity contribution in [3.05, 3.63) is 51.4 Å². The molecule has 0 spiro atoms. The summed E-state index contributed by atoms with van der Waals surface area (Å²) < 4.78 is 0. The van der Waals surface area contributed by atoms with Crippen LogP contribution in [0.15, 0.2) is 45.9 Å². The maximum atomic E-state index is 11.8. The normalized spacial score (nSPS) is 10.8. The van der Waals surface area contributed by atoms with Crippen LogP contribution >= 0.6 is 11.3 Å². The van der Waals surface area contributed by atoms with Crippen LogP contribution in [0.2, 0.25) is 0 Å². The molecule has 0 saturated heterocycles. The van der Waals surface area contributed by atoms with Gasteiger partial charge in [0.15, 0.2) is 0 Å². The first-order valence-electron chi connectivity index (χ1n) is 4.86. The monoisotopic (exact) mass is 228 g/mol. The van der Waals surface area contributed by atoms with E-state index in [1.165, 1.54) is 0 Å². The van der Waals surface area contributed by atoms with Gasteiger partial charge in [-0.2, -0.15) is 11.3 Å². The lowest BCUT2D eigenvalue weighted by atomic mass is 10.2. The maximum absolute atomic E-state index is 11.8. The summed E-state index contributed by atoms with van der Waals surface area (Å²) >= 11 is 1.58. The molecule has 0 unspecified atom stereocenters. The van der Waals surface area contributed by atoms with Gasteiger partial charge in [-0.3, -0.25) is 4.79 Å². The predicted octanol–water partition coefficient (Wildman–Crippen LogP) is 2.65. The Morgan fingerprint density at radius 3 is 2.88 bits per heavy atom. The molecule has 4 heteroatoms. The molecule has 0 atom stereocenters. The van der Waals surface area contributed by atoms with Gasteiger partial charge in [0.1, 0.15) is 5.82 Å². The zero-order valence-corrected chi connectivity index (χ0v) is 9.12. The minimum Gasteiger partial charge on any atom is -0.306 e. The third-order valence-corrected chi connectivity index (χ3v) is 3.09. The van der Waals surface area contributed by atoms with E-state index in [9.17, 15) is 4.79 Å². The SMILES string of the molecule is O=c1[nH]c(-c2ccsc2)nc2ccccc12. The second-order valence-corrected chi connectivity index (χ2v) is 4.22. The predicted molar refractivity (Wildman–Crippen MR) is 65.7 cm³/mol. The first-order valence-corrected chi connectivity index (χ1v) is 5.80. The van der Waals surface area contributed by atoms with Crippen molar-refractivity contribution in [3.63, 3.8) is 0 Å². The quantitative estimate of drug-likeness (QED) is 0.696. The summed E-state index contributed by atoms with van der Waals surface area (Å²) in [7, 11) is 0. The fourth-order valence-electron chi connectivity index (χ4n) is 1.62. The van der Waals surface area contributed by atoms with Crippen LogP contribution in [0.5, 0.6) is 0 Å². The molecular formula is C12H8N2OS. The molecule has 2 heterocycles. The molecule has 0 aliphatic carbocycles. The number of benzene rings is 1. The van der Waals surface area contributed by atoms with Gasteiger partial charge in [-0.1, -0.05) is 12.1 Å². The number of aromatic amines is 1. The highest BCUT2D eigenvalue weighted by molar-refractivity contribution is 7.08. The number of nitrogens with one attached hydrogen (secondary N) is 1. The van der Waals surface area contributed by atoms with E-state index in [0.29, 0.717) is 11.2 Å². The second-order valence-electron chi connectivity index (χ2n) is 3.44. The van der Waals surface area contributed by atoms with Gasteiger partial charge < -0.3 is 4.98 Å². The lowest BCUT2D eigenvalue weighted by molar-refractivity contribution is 1.18. The Labute approximate surface area is 95.4 Å². The Kier molecular flexibility index (Phi) is 2.08. The van der Waals surface area contributed by atoms with E-state index in [1.54, 1.807) is 17.4 Å². The molecule has 0 aliphatic rings. The van der Waals surface area contributed by atoms with Crippen molar-refractivity contribution in [1.29, 1.82) is 0 Å². The number of nitrogens with zero attached hydrogens (tertiary/aromatic N) is 1. The van der Waals surface area contributed by atoms with Crippen molar-refractivity contribution in [1.82, 2.24) is 9.97 Å². The van der Waals surface area contributed by atoms with Crippen molar-refractivity contribution >= 4 is 22.2 Å². The number of hydrogen-bond acceptors (Lipinski definition) is 3. The van der Waals surface area contributed by atoms with Gasteiger partial charge in [0, 0.05) is 10.9 Å². The van der Waals surface area contributed by atoms with Gasteiger partial charge in [-0.25, -0.2) is 4.98 Å². The first-order chi connectivity index (χ1) is 7.84. The van der Waals surface area contributed by atoms with Gasteiger partial charge in [0.25, 0.3) is 5.56 Å². The highest BCUT2D eigenvalue weighted by Gasteiger charge is 2.04. The van der Waals surface area contributed by atoms with Crippen LogP contribution in [-0.4, -0.2) is 9.97 Å². The molecule has 78 valence electrons. The molecule has 0 bridgehead atoms. The molecule has 0 amide bonds. The molecule has 3 aromatic rings. The van der Waals surface area contributed by atoms with Crippen LogP contribution < -0.4 is 5.56 Å². The van der Waals surface area contributed by atoms with Crippen molar-refractivity contribution in [3.8, 4) is 11.4 Å². The van der Waals surface area contributed by atoms with E-state index in [-0.39, 0.29) is 5.56 Å². The average molecular weight is 228 g/mol. The molecule has 0 saturated carbocycles. The summed E-state index contributed by atoms with van der Waals surface area (Å²) in [5.41, 5.74) is 1.59. The number of thiophene rings is 1. The fourth-order valence-corrected chi connectivity index (χ4v) is 2.26. The number of para-hydroxylation sites is 1. The number of fused-ring (bicyclic) bond motifs is 1. The smallest absolute Gasteiger partial charge is 0.259 e. The topological polar surface area (TPSA) is 45.8 Å². The van der Waals surface area contributed by atoms with Crippen LogP contribution in [0.1, 0.15) is 0 Å². The standard InChI is InChI=1S/C12H8N2OS/c15-12-9-3-1-2-4-10(9)13-11(14-12)8-5-6-16-7-8/h1-7H,(H,13,14,15). The van der Waals surface area contributed by atoms with Gasteiger partial charge in [0.05, 0.1) is 10.9 Å². The van der Waals surface area contributed by atoms with Crippen LogP contribution in [-0.2, 0) is 0 Å². The molecule has 1 aromatic carbocycles. The highest BCUT2D eigenvalue weighted by Crippen LogP contribution is 2.18. The van der Waals surface area contributed by atoms with Gasteiger partial charge in [-0.05, 0) is 23.6 Å². The fraction of sp³-hybridized carbons (Fsp3) is 0. The Morgan fingerprint density at radius 2 is 2.06 bits per heavy atom. The van der Waals surface area contributed by atoms with E-state index >= 15 is 0 Å². The summed E-state index contributed by atoms with van der Waals surface area (Å²) in [6, 6.07) is 9.28. The van der Waals surface area contributed by atoms with Gasteiger partial charge in [0.2, 0.25) is 0 Å². The van der Waals surface area contributed by atoms with Crippen molar-refractivity contribution in [2.75, 3.05) is 0 Å². The number of rotatable bonds is 1. The summed E-state index contributed by atoms with van der Waals surface area (Å²) in [5, 5.41) is 4.55. The molecule has 3 rings (SSSR count).